The van der Waals surface area contributed by atoms with Crippen LogP contribution in [0.4, 0.5) is 0 Å². The van der Waals surface area contributed by atoms with Crippen LogP contribution >= 0.6 is 41.1 Å². The Hall–Kier alpha value is 0.622. The molecule has 1 aromatic rings. The fourth-order valence-electron chi connectivity index (χ4n) is 2.18. The molecule has 0 atom stereocenters. The Balaban J connectivity index is 2.96. The van der Waals surface area contributed by atoms with Crippen molar-refractivity contribution in [3.8, 4) is 0 Å². The van der Waals surface area contributed by atoms with Gasteiger partial charge in [0.1, 0.15) is 0 Å². The third-order valence-corrected chi connectivity index (χ3v) is 33.9. The standard InChI is InChI=1S/C7H7.2C5H11NS2.Tl/c1-7-5-3-2-4-6-7;2*1-3-6(4-2)5(7)8;/h3-6H,1H3;2*3-4H2,1-2H3,(H,7,8);/q;;;+2/p-2. The zero-order chi connectivity index (χ0) is 18.1. The number of aryl methyl sites for hydroxylation is 1. The Morgan fingerprint density at radius 2 is 1.21 bits per heavy atom. The zero-order valence-corrected chi connectivity index (χ0v) is 23.0. The molecule has 0 spiro atoms. The SMILES string of the molecule is CCN(CC)C(=S)[S][Tl]([S]C(=S)N(CC)CC)[c]1ccc(C)cc1. The van der Waals surface area contributed by atoms with Crippen LogP contribution in [0.3, 0.4) is 0 Å². The van der Waals surface area contributed by atoms with Gasteiger partial charge in [0.2, 0.25) is 0 Å². The molecule has 0 saturated heterocycles. The average molecular weight is 592 g/mol. The van der Waals surface area contributed by atoms with E-state index in [2.05, 4.69) is 68.7 Å². The van der Waals surface area contributed by atoms with Crippen molar-refractivity contribution in [2.24, 2.45) is 0 Å². The molecule has 7 heteroatoms. The van der Waals surface area contributed by atoms with E-state index in [9.17, 15) is 0 Å². The van der Waals surface area contributed by atoms with Crippen LogP contribution < -0.4 is 3.12 Å². The Kier molecular flexibility index (Phi) is 11.4. The molecule has 0 aliphatic heterocycles. The minimum atomic E-state index is -2.40. The Labute approximate surface area is 171 Å². The summed E-state index contributed by atoms with van der Waals surface area (Å²) in [6, 6.07) is 9.00. The molecule has 0 aliphatic carbocycles. The Bertz CT molecular complexity index is 502. The van der Waals surface area contributed by atoms with E-state index >= 15 is 0 Å². The summed E-state index contributed by atoms with van der Waals surface area (Å²) in [7, 11) is 3.91. The van der Waals surface area contributed by atoms with Crippen LogP contribution in [0, 0.1) is 6.92 Å². The van der Waals surface area contributed by atoms with Crippen LogP contribution in [0.1, 0.15) is 33.3 Å². The van der Waals surface area contributed by atoms with Gasteiger partial charge in [0.15, 0.2) is 0 Å². The molecule has 1 rings (SSSR count). The van der Waals surface area contributed by atoms with Crippen molar-refractivity contribution < 1.29 is 0 Å². The monoisotopic (exact) mass is 592 g/mol. The Morgan fingerprint density at radius 3 is 1.54 bits per heavy atom. The molecule has 0 aliphatic rings. The van der Waals surface area contributed by atoms with Gasteiger partial charge >= 0.3 is 173 Å². The topological polar surface area (TPSA) is 6.48 Å². The number of rotatable bonds is 7. The first-order valence-corrected chi connectivity index (χ1v) is 24.3. The van der Waals surface area contributed by atoms with Gasteiger partial charge in [-0.15, -0.1) is 0 Å². The number of benzene rings is 1. The van der Waals surface area contributed by atoms with Gasteiger partial charge in [0.05, 0.1) is 0 Å². The van der Waals surface area contributed by atoms with Crippen molar-refractivity contribution >= 4 is 72.5 Å². The van der Waals surface area contributed by atoms with E-state index in [-0.39, 0.29) is 0 Å². The van der Waals surface area contributed by atoms with E-state index in [0.29, 0.717) is 0 Å². The van der Waals surface area contributed by atoms with Crippen LogP contribution in [0.15, 0.2) is 24.3 Å². The van der Waals surface area contributed by atoms with Crippen molar-refractivity contribution in [3.05, 3.63) is 29.8 Å². The normalized spacial score (nSPS) is 10.4. The molecule has 132 valence electrons. The molecule has 0 heterocycles. The van der Waals surface area contributed by atoms with Gasteiger partial charge in [-0.05, 0) is 0 Å². The van der Waals surface area contributed by atoms with Gasteiger partial charge in [-0.2, -0.15) is 0 Å². The van der Waals surface area contributed by atoms with Crippen molar-refractivity contribution in [1.82, 2.24) is 9.80 Å². The average Bonchev–Trinajstić information content (AvgIpc) is 2.57. The molecule has 2 nitrogen and oxygen atoms in total. The van der Waals surface area contributed by atoms with E-state index in [4.69, 9.17) is 24.4 Å². The van der Waals surface area contributed by atoms with Gasteiger partial charge in [-0.3, -0.25) is 0 Å². The van der Waals surface area contributed by atoms with Crippen molar-refractivity contribution in [1.29, 1.82) is 0 Å². The third-order valence-electron chi connectivity index (χ3n) is 3.81. The fraction of sp³-hybridized carbons (Fsp3) is 0.529. The zero-order valence-electron chi connectivity index (χ0n) is 15.2. The summed E-state index contributed by atoms with van der Waals surface area (Å²) in [5.74, 6) is 0. The quantitative estimate of drug-likeness (QED) is 0.340. The van der Waals surface area contributed by atoms with E-state index in [0.717, 1.165) is 34.8 Å². The third kappa shape index (κ3) is 7.09. The second-order valence-corrected chi connectivity index (χ2v) is 29.5. The number of nitrogens with zero attached hydrogens (tertiary/aromatic N) is 2. The van der Waals surface area contributed by atoms with E-state index in [1.165, 1.54) is 8.69 Å². The van der Waals surface area contributed by atoms with Gasteiger partial charge < -0.3 is 0 Å². The molecule has 0 N–H and O–H groups in total. The molecule has 0 radical (unpaired) electrons. The first kappa shape index (κ1) is 22.7. The number of hydrogen-bond donors (Lipinski definition) is 0. The minimum absolute atomic E-state index is 0.974. The molecule has 0 aromatic heterocycles. The maximum absolute atomic E-state index is 5.73. The molecule has 0 saturated carbocycles. The van der Waals surface area contributed by atoms with E-state index in [1.54, 1.807) is 0 Å². The molecular formula is C17H27N2S4Tl. The van der Waals surface area contributed by atoms with Crippen LogP contribution in [-0.4, -0.2) is 64.3 Å². The second kappa shape index (κ2) is 12.1. The van der Waals surface area contributed by atoms with Crippen LogP contribution in [-0.2, 0) is 0 Å². The predicted octanol–water partition coefficient (Wildman–Crippen LogP) is 4.41. The molecule has 0 fully saturated rings. The summed E-state index contributed by atoms with van der Waals surface area (Å²) in [6.07, 6.45) is 0. The summed E-state index contributed by atoms with van der Waals surface area (Å²) >= 11 is 9.05. The summed E-state index contributed by atoms with van der Waals surface area (Å²) in [5.41, 5.74) is 1.30. The molecular weight excluding hydrogens is 565 g/mol. The predicted molar refractivity (Wildman–Crippen MR) is 123 cm³/mol. The summed E-state index contributed by atoms with van der Waals surface area (Å²) in [5, 5.41) is 0. The van der Waals surface area contributed by atoms with Gasteiger partial charge in [-0.25, -0.2) is 0 Å². The van der Waals surface area contributed by atoms with Gasteiger partial charge in [-0.1, -0.05) is 0 Å². The van der Waals surface area contributed by atoms with Gasteiger partial charge in [0.25, 0.3) is 0 Å². The van der Waals surface area contributed by atoms with Crippen molar-refractivity contribution in [3.63, 3.8) is 0 Å². The number of hydrogen-bond acceptors (Lipinski definition) is 4. The van der Waals surface area contributed by atoms with Crippen LogP contribution in [0.25, 0.3) is 0 Å². The maximum atomic E-state index is 5.73. The molecule has 0 unspecified atom stereocenters. The molecule has 0 amide bonds. The molecule has 1 aromatic carbocycles. The fourth-order valence-corrected chi connectivity index (χ4v) is 34.7. The second-order valence-electron chi connectivity index (χ2n) is 5.35. The first-order chi connectivity index (χ1) is 11.5. The van der Waals surface area contributed by atoms with Crippen molar-refractivity contribution in [2.45, 2.75) is 34.6 Å². The molecule has 24 heavy (non-hydrogen) atoms. The van der Waals surface area contributed by atoms with Crippen LogP contribution in [0.2, 0.25) is 0 Å². The van der Waals surface area contributed by atoms with Gasteiger partial charge in [0, 0.05) is 0 Å². The number of thiocarbonyl (C=S) groups is 2. The van der Waals surface area contributed by atoms with Crippen LogP contribution in [0.5, 0.6) is 0 Å². The van der Waals surface area contributed by atoms with Crippen molar-refractivity contribution in [2.75, 3.05) is 26.2 Å². The summed E-state index contributed by atoms with van der Waals surface area (Å²) < 4.78 is 3.57. The van der Waals surface area contributed by atoms with E-state index < -0.39 is 19.7 Å². The summed E-state index contributed by atoms with van der Waals surface area (Å²) in [4.78, 5) is 4.56. The summed E-state index contributed by atoms with van der Waals surface area (Å²) in [6.45, 7) is 14.7. The molecule has 0 bridgehead atoms. The van der Waals surface area contributed by atoms with E-state index in [1.807, 2.05) is 16.6 Å². The Morgan fingerprint density at radius 1 is 0.833 bits per heavy atom. The first-order valence-electron chi connectivity index (χ1n) is 8.44.